The molecule has 1 heterocycles. The average Bonchev–Trinajstić information content (AvgIpc) is 2.35. The second-order valence-electron chi connectivity index (χ2n) is 5.06. The molecule has 0 spiro atoms. The number of hydrogen-bond acceptors (Lipinski definition) is 6. The van der Waals surface area contributed by atoms with Gasteiger partial charge in [0.1, 0.15) is 17.1 Å². The van der Waals surface area contributed by atoms with E-state index in [1.807, 2.05) is 0 Å². The third-order valence-electron chi connectivity index (χ3n) is 3.38. The van der Waals surface area contributed by atoms with Crippen LogP contribution in [0.3, 0.4) is 0 Å². The molecule has 20 heavy (non-hydrogen) atoms. The molecular weight excluding hydrogens is 264 g/mol. The molecule has 0 radical (unpaired) electrons. The van der Waals surface area contributed by atoms with Crippen LogP contribution in [0.5, 0.6) is 11.5 Å². The van der Waals surface area contributed by atoms with Crippen LogP contribution in [-0.2, 0) is 15.2 Å². The van der Waals surface area contributed by atoms with E-state index in [0.29, 0.717) is 0 Å². The summed E-state index contributed by atoms with van der Waals surface area (Å²) in [5.74, 6) is -1.58. The Morgan fingerprint density at radius 3 is 2.65 bits per heavy atom. The summed E-state index contributed by atoms with van der Waals surface area (Å²) in [6.45, 7) is 4.62. The van der Waals surface area contributed by atoms with Crippen molar-refractivity contribution in [2.45, 2.75) is 32.5 Å². The van der Waals surface area contributed by atoms with Gasteiger partial charge in [-0.1, -0.05) is 13.8 Å². The van der Waals surface area contributed by atoms with Gasteiger partial charge in [0.25, 0.3) is 0 Å². The number of aliphatic hydroxyl groups is 2. The Labute approximate surface area is 115 Å². The summed E-state index contributed by atoms with van der Waals surface area (Å²) in [4.78, 5) is 22.6. The van der Waals surface area contributed by atoms with Gasteiger partial charge in [-0.25, -0.2) is 4.79 Å². The quantitative estimate of drug-likeness (QED) is 0.613. The highest BCUT2D eigenvalue weighted by Gasteiger charge is 2.50. The highest BCUT2D eigenvalue weighted by atomic mass is 16.6. The number of rotatable bonds is 2. The van der Waals surface area contributed by atoms with Crippen LogP contribution < -0.4 is 9.47 Å². The second-order valence-corrected chi connectivity index (χ2v) is 5.06. The maximum Gasteiger partial charge on any atom is 0.343 e. The molecule has 0 aromatic heterocycles. The van der Waals surface area contributed by atoms with Gasteiger partial charge in [-0.15, -0.1) is 0 Å². The third kappa shape index (κ3) is 2.17. The van der Waals surface area contributed by atoms with E-state index in [0.717, 1.165) is 0 Å². The van der Waals surface area contributed by atoms with Gasteiger partial charge < -0.3 is 19.7 Å². The van der Waals surface area contributed by atoms with Gasteiger partial charge in [-0.3, -0.25) is 4.79 Å². The lowest BCUT2D eigenvalue weighted by atomic mass is 9.77. The topological polar surface area (TPSA) is 93.1 Å². The minimum absolute atomic E-state index is 0.0789. The SMILES string of the molecule is CC(=O)Oc1ccc2c(c1)OC(=O)[C@H](O)[C@@]2(O)C(C)C. The van der Waals surface area contributed by atoms with Crippen LogP contribution in [0.25, 0.3) is 0 Å². The van der Waals surface area contributed by atoms with E-state index >= 15 is 0 Å². The van der Waals surface area contributed by atoms with Crippen molar-refractivity contribution in [3.8, 4) is 11.5 Å². The number of benzene rings is 1. The first-order valence-corrected chi connectivity index (χ1v) is 6.22. The van der Waals surface area contributed by atoms with E-state index in [1.54, 1.807) is 13.8 Å². The van der Waals surface area contributed by atoms with Gasteiger partial charge >= 0.3 is 11.9 Å². The van der Waals surface area contributed by atoms with Crippen LogP contribution in [0.4, 0.5) is 0 Å². The molecule has 0 saturated heterocycles. The van der Waals surface area contributed by atoms with E-state index in [-0.39, 0.29) is 17.1 Å². The van der Waals surface area contributed by atoms with Crippen molar-refractivity contribution in [2.75, 3.05) is 0 Å². The van der Waals surface area contributed by atoms with Crippen molar-refractivity contribution in [2.24, 2.45) is 5.92 Å². The Hall–Kier alpha value is -1.92. The van der Waals surface area contributed by atoms with Crippen LogP contribution in [-0.4, -0.2) is 28.3 Å². The lowest BCUT2D eigenvalue weighted by Gasteiger charge is -2.39. The molecule has 2 atom stereocenters. The predicted molar refractivity (Wildman–Crippen MR) is 68.1 cm³/mol. The third-order valence-corrected chi connectivity index (χ3v) is 3.38. The molecule has 1 aliphatic rings. The molecule has 0 bridgehead atoms. The molecule has 2 rings (SSSR count). The van der Waals surface area contributed by atoms with Gasteiger partial charge in [0.05, 0.1) is 0 Å². The normalized spacial score (nSPS) is 25.1. The molecule has 1 aromatic carbocycles. The van der Waals surface area contributed by atoms with Crippen LogP contribution in [0.1, 0.15) is 26.3 Å². The minimum atomic E-state index is -1.74. The van der Waals surface area contributed by atoms with Crippen molar-refractivity contribution in [1.82, 2.24) is 0 Å². The Bertz CT molecular complexity index is 565. The monoisotopic (exact) mass is 280 g/mol. The Kier molecular flexibility index (Phi) is 3.54. The summed E-state index contributed by atoms with van der Waals surface area (Å²) in [6, 6.07) is 4.29. The number of esters is 2. The van der Waals surface area contributed by atoms with Crippen molar-refractivity contribution in [3.05, 3.63) is 23.8 Å². The zero-order chi connectivity index (χ0) is 15.1. The lowest BCUT2D eigenvalue weighted by Crippen LogP contribution is -2.53. The maximum absolute atomic E-state index is 11.7. The largest absolute Gasteiger partial charge is 0.427 e. The van der Waals surface area contributed by atoms with Crippen molar-refractivity contribution < 1.29 is 29.3 Å². The van der Waals surface area contributed by atoms with E-state index < -0.39 is 29.6 Å². The van der Waals surface area contributed by atoms with Crippen molar-refractivity contribution in [1.29, 1.82) is 0 Å². The zero-order valence-electron chi connectivity index (χ0n) is 11.4. The molecule has 0 unspecified atom stereocenters. The summed E-state index contributed by atoms with van der Waals surface area (Å²) in [5, 5.41) is 20.6. The molecule has 2 N–H and O–H groups in total. The van der Waals surface area contributed by atoms with E-state index in [1.165, 1.54) is 25.1 Å². The summed E-state index contributed by atoms with van der Waals surface area (Å²) < 4.78 is 9.87. The highest BCUT2D eigenvalue weighted by molar-refractivity contribution is 5.82. The molecular formula is C14H16O6. The molecule has 6 nitrogen and oxygen atoms in total. The number of fused-ring (bicyclic) bond motifs is 1. The first-order chi connectivity index (χ1) is 9.26. The summed E-state index contributed by atoms with van der Waals surface area (Å²) in [6.07, 6.45) is -1.66. The first-order valence-electron chi connectivity index (χ1n) is 6.22. The van der Waals surface area contributed by atoms with Crippen LogP contribution >= 0.6 is 0 Å². The van der Waals surface area contributed by atoms with E-state index in [4.69, 9.17) is 9.47 Å². The smallest absolute Gasteiger partial charge is 0.343 e. The molecule has 1 aliphatic heterocycles. The number of hydrogen-bond donors (Lipinski definition) is 2. The summed E-state index contributed by atoms with van der Waals surface area (Å²) >= 11 is 0. The Morgan fingerprint density at radius 2 is 2.10 bits per heavy atom. The fourth-order valence-corrected chi connectivity index (χ4v) is 2.27. The Morgan fingerprint density at radius 1 is 1.45 bits per heavy atom. The van der Waals surface area contributed by atoms with Crippen LogP contribution in [0, 0.1) is 5.92 Å². The predicted octanol–water partition coefficient (Wildman–Crippen LogP) is 0.735. The van der Waals surface area contributed by atoms with Crippen molar-refractivity contribution in [3.63, 3.8) is 0 Å². The zero-order valence-corrected chi connectivity index (χ0v) is 11.4. The molecule has 0 amide bonds. The summed E-state index contributed by atoms with van der Waals surface area (Å²) in [5.41, 5.74) is -1.45. The van der Waals surface area contributed by atoms with Crippen molar-refractivity contribution >= 4 is 11.9 Å². The standard InChI is InChI=1S/C14H16O6/c1-7(2)14(18)10-5-4-9(19-8(3)15)6-11(10)20-13(17)12(14)16/h4-7,12,16,18H,1-3H3/t12-,14+/m0/s1. The fraction of sp³-hybridized carbons (Fsp3) is 0.429. The molecule has 108 valence electrons. The molecule has 0 aliphatic carbocycles. The maximum atomic E-state index is 11.7. The van der Waals surface area contributed by atoms with Gasteiger partial charge in [0.15, 0.2) is 6.10 Å². The minimum Gasteiger partial charge on any atom is -0.427 e. The van der Waals surface area contributed by atoms with Gasteiger partial charge in [0, 0.05) is 18.6 Å². The van der Waals surface area contributed by atoms with E-state index in [9.17, 15) is 19.8 Å². The van der Waals surface area contributed by atoms with Gasteiger partial charge in [0.2, 0.25) is 0 Å². The Balaban J connectivity index is 2.53. The second kappa shape index (κ2) is 4.88. The first kappa shape index (κ1) is 14.5. The van der Waals surface area contributed by atoms with E-state index in [2.05, 4.69) is 0 Å². The number of carbonyl (C=O) groups is 2. The number of carbonyl (C=O) groups excluding carboxylic acids is 2. The molecule has 0 saturated carbocycles. The summed E-state index contributed by atoms with van der Waals surface area (Å²) in [7, 11) is 0. The van der Waals surface area contributed by atoms with Gasteiger partial charge in [-0.2, -0.15) is 0 Å². The number of aliphatic hydroxyl groups excluding tert-OH is 1. The lowest BCUT2D eigenvalue weighted by molar-refractivity contribution is -0.175. The fourth-order valence-electron chi connectivity index (χ4n) is 2.27. The molecule has 6 heteroatoms. The highest BCUT2D eigenvalue weighted by Crippen LogP contribution is 2.43. The van der Waals surface area contributed by atoms with Crippen LogP contribution in [0.2, 0.25) is 0 Å². The van der Waals surface area contributed by atoms with Crippen LogP contribution in [0.15, 0.2) is 18.2 Å². The van der Waals surface area contributed by atoms with Gasteiger partial charge in [-0.05, 0) is 18.1 Å². The number of ether oxygens (including phenoxy) is 2. The molecule has 0 fully saturated rings. The average molecular weight is 280 g/mol. The molecule has 1 aromatic rings.